The Balaban J connectivity index is 1.60. The number of aliphatic hydroxyl groups is 1. The third-order valence-electron chi connectivity index (χ3n) is 3.98. The summed E-state index contributed by atoms with van der Waals surface area (Å²) in [4.78, 5) is 18.2. The summed E-state index contributed by atoms with van der Waals surface area (Å²) in [5.41, 5.74) is 0.639. The molecule has 6 nitrogen and oxygen atoms in total. The molecule has 2 N–H and O–H groups in total. The van der Waals surface area contributed by atoms with E-state index in [0.717, 1.165) is 18.7 Å². The molecule has 0 aliphatic carbocycles. The van der Waals surface area contributed by atoms with Crippen molar-refractivity contribution < 1.29 is 9.90 Å². The van der Waals surface area contributed by atoms with Crippen LogP contribution in [0.5, 0.6) is 0 Å². The third kappa shape index (κ3) is 2.95. The van der Waals surface area contributed by atoms with Crippen LogP contribution < -0.4 is 0 Å². The van der Waals surface area contributed by atoms with Gasteiger partial charge in [-0.05, 0) is 18.4 Å². The molecule has 3 rings (SSSR count). The number of amides is 1. The van der Waals surface area contributed by atoms with Crippen LogP contribution in [0.4, 0.5) is 0 Å². The fourth-order valence-electron chi connectivity index (χ4n) is 2.74. The second kappa shape index (κ2) is 6.05. The van der Waals surface area contributed by atoms with Crippen molar-refractivity contribution in [2.45, 2.75) is 24.9 Å². The second-order valence-corrected chi connectivity index (χ2v) is 5.28. The van der Waals surface area contributed by atoms with Gasteiger partial charge in [0, 0.05) is 19.0 Å². The maximum Gasteiger partial charge on any atom is 0.256 e. The van der Waals surface area contributed by atoms with E-state index < -0.39 is 6.10 Å². The van der Waals surface area contributed by atoms with Crippen molar-refractivity contribution >= 4 is 5.91 Å². The summed E-state index contributed by atoms with van der Waals surface area (Å²) in [5, 5.41) is 16.9. The van der Waals surface area contributed by atoms with E-state index in [1.54, 1.807) is 17.0 Å². The van der Waals surface area contributed by atoms with Crippen LogP contribution in [0.25, 0.3) is 0 Å². The zero-order valence-corrected chi connectivity index (χ0v) is 11.6. The number of nitrogens with zero attached hydrogens (tertiary/aromatic N) is 3. The molecule has 0 bridgehead atoms. The van der Waals surface area contributed by atoms with Gasteiger partial charge in [-0.1, -0.05) is 30.3 Å². The van der Waals surface area contributed by atoms with Crippen LogP contribution in [0, 0.1) is 0 Å². The molecule has 1 aliphatic rings. The zero-order chi connectivity index (χ0) is 14.7. The minimum Gasteiger partial charge on any atom is -0.378 e. The maximum absolute atomic E-state index is 12.3. The molecule has 1 aromatic carbocycles. The van der Waals surface area contributed by atoms with Gasteiger partial charge in [0.05, 0.1) is 0 Å². The van der Waals surface area contributed by atoms with Gasteiger partial charge in [0.15, 0.2) is 6.10 Å². The first-order chi connectivity index (χ1) is 10.3. The van der Waals surface area contributed by atoms with Crippen LogP contribution in [-0.4, -0.2) is 44.2 Å². The molecule has 0 saturated carbocycles. The van der Waals surface area contributed by atoms with E-state index in [2.05, 4.69) is 15.2 Å². The van der Waals surface area contributed by atoms with E-state index in [0.29, 0.717) is 24.6 Å². The van der Waals surface area contributed by atoms with Crippen molar-refractivity contribution in [3.8, 4) is 0 Å². The number of carbonyl (C=O) groups is 1. The normalized spacial score (nSPS) is 17.7. The first-order valence-electron chi connectivity index (χ1n) is 7.13. The number of H-pyrrole nitrogens is 1. The second-order valence-electron chi connectivity index (χ2n) is 5.28. The summed E-state index contributed by atoms with van der Waals surface area (Å²) in [6.45, 7) is 1.27. The van der Waals surface area contributed by atoms with E-state index in [1.165, 1.54) is 6.33 Å². The molecule has 2 heterocycles. The number of carbonyl (C=O) groups excluding carboxylic acids is 1. The number of hydrogen-bond donors (Lipinski definition) is 2. The quantitative estimate of drug-likeness (QED) is 0.889. The van der Waals surface area contributed by atoms with Crippen LogP contribution in [0.2, 0.25) is 0 Å². The SMILES string of the molecule is O=C(C(O)c1ccccc1)N1CCC(c2ncn[nH]2)CC1. The molecular weight excluding hydrogens is 268 g/mol. The molecule has 1 unspecified atom stereocenters. The van der Waals surface area contributed by atoms with Gasteiger partial charge < -0.3 is 10.0 Å². The molecule has 2 aromatic rings. The number of piperidine rings is 1. The van der Waals surface area contributed by atoms with E-state index >= 15 is 0 Å². The first-order valence-corrected chi connectivity index (χ1v) is 7.13. The Labute approximate surface area is 122 Å². The minimum absolute atomic E-state index is 0.225. The van der Waals surface area contributed by atoms with Gasteiger partial charge >= 0.3 is 0 Å². The lowest BCUT2D eigenvalue weighted by Crippen LogP contribution is -2.40. The Hall–Kier alpha value is -2.21. The molecule has 1 amide bonds. The molecule has 21 heavy (non-hydrogen) atoms. The van der Waals surface area contributed by atoms with Crippen LogP contribution >= 0.6 is 0 Å². The lowest BCUT2D eigenvalue weighted by Gasteiger charge is -2.32. The molecule has 1 saturated heterocycles. The maximum atomic E-state index is 12.3. The van der Waals surface area contributed by atoms with Gasteiger partial charge in [0.2, 0.25) is 0 Å². The highest BCUT2D eigenvalue weighted by Crippen LogP contribution is 2.26. The monoisotopic (exact) mass is 286 g/mol. The number of hydrogen-bond acceptors (Lipinski definition) is 4. The van der Waals surface area contributed by atoms with E-state index in [4.69, 9.17) is 0 Å². The van der Waals surface area contributed by atoms with Crippen molar-refractivity contribution in [3.05, 3.63) is 48.0 Å². The summed E-state index contributed by atoms with van der Waals surface area (Å²) in [6, 6.07) is 9.04. The molecule has 1 fully saturated rings. The van der Waals surface area contributed by atoms with Crippen molar-refractivity contribution in [3.63, 3.8) is 0 Å². The molecule has 0 radical (unpaired) electrons. The number of aromatic nitrogens is 3. The Morgan fingerprint density at radius 1 is 1.29 bits per heavy atom. The number of benzene rings is 1. The molecule has 6 heteroatoms. The molecule has 1 aliphatic heterocycles. The number of likely N-dealkylation sites (tertiary alicyclic amines) is 1. The minimum atomic E-state index is -1.08. The van der Waals surface area contributed by atoms with Gasteiger partial charge in [-0.3, -0.25) is 9.89 Å². The largest absolute Gasteiger partial charge is 0.378 e. The predicted molar refractivity (Wildman–Crippen MR) is 76.3 cm³/mol. The smallest absolute Gasteiger partial charge is 0.256 e. The van der Waals surface area contributed by atoms with Gasteiger partial charge in [-0.2, -0.15) is 5.10 Å². The topological polar surface area (TPSA) is 82.1 Å². The number of rotatable bonds is 3. The van der Waals surface area contributed by atoms with Gasteiger partial charge in [0.1, 0.15) is 12.2 Å². The lowest BCUT2D eigenvalue weighted by atomic mass is 9.95. The molecule has 0 spiro atoms. The number of aromatic amines is 1. The summed E-state index contributed by atoms with van der Waals surface area (Å²) in [5.74, 6) is 0.966. The Bertz CT molecular complexity index is 577. The fraction of sp³-hybridized carbons (Fsp3) is 0.400. The highest BCUT2D eigenvalue weighted by molar-refractivity contribution is 5.82. The molecular formula is C15H18N4O2. The Kier molecular flexibility index (Phi) is 3.96. The van der Waals surface area contributed by atoms with Crippen LogP contribution in [0.1, 0.15) is 36.3 Å². The van der Waals surface area contributed by atoms with Crippen LogP contribution in [0.15, 0.2) is 36.7 Å². The Morgan fingerprint density at radius 3 is 2.62 bits per heavy atom. The lowest BCUT2D eigenvalue weighted by molar-refractivity contribution is -0.141. The van der Waals surface area contributed by atoms with Crippen LogP contribution in [-0.2, 0) is 4.79 Å². The molecule has 1 atom stereocenters. The van der Waals surface area contributed by atoms with Crippen molar-refractivity contribution in [1.29, 1.82) is 0 Å². The fourth-order valence-corrected chi connectivity index (χ4v) is 2.74. The van der Waals surface area contributed by atoms with Crippen molar-refractivity contribution in [2.24, 2.45) is 0 Å². The molecule has 1 aromatic heterocycles. The molecule has 110 valence electrons. The summed E-state index contributed by atoms with van der Waals surface area (Å²) in [6.07, 6.45) is 2.10. The average Bonchev–Trinajstić information content (AvgIpc) is 3.09. The third-order valence-corrected chi connectivity index (χ3v) is 3.98. The van der Waals surface area contributed by atoms with Gasteiger partial charge in [0.25, 0.3) is 5.91 Å². The summed E-state index contributed by atoms with van der Waals surface area (Å²) < 4.78 is 0. The number of aliphatic hydroxyl groups excluding tert-OH is 1. The van der Waals surface area contributed by atoms with E-state index in [-0.39, 0.29) is 5.91 Å². The summed E-state index contributed by atoms with van der Waals surface area (Å²) >= 11 is 0. The zero-order valence-electron chi connectivity index (χ0n) is 11.6. The van der Waals surface area contributed by atoms with Gasteiger partial charge in [-0.25, -0.2) is 4.98 Å². The Morgan fingerprint density at radius 2 is 2.00 bits per heavy atom. The average molecular weight is 286 g/mol. The highest BCUT2D eigenvalue weighted by Gasteiger charge is 2.29. The first kappa shape index (κ1) is 13.8. The standard InChI is InChI=1S/C15H18N4O2/c20-13(11-4-2-1-3-5-11)15(21)19-8-6-12(7-9-19)14-16-10-17-18-14/h1-5,10,12-13,20H,6-9H2,(H,16,17,18). The summed E-state index contributed by atoms with van der Waals surface area (Å²) in [7, 11) is 0. The predicted octanol–water partition coefficient (Wildman–Crippen LogP) is 1.24. The highest BCUT2D eigenvalue weighted by atomic mass is 16.3. The van der Waals surface area contributed by atoms with Crippen LogP contribution in [0.3, 0.4) is 0 Å². The van der Waals surface area contributed by atoms with Crippen molar-refractivity contribution in [2.75, 3.05) is 13.1 Å². The van der Waals surface area contributed by atoms with E-state index in [1.807, 2.05) is 18.2 Å². The van der Waals surface area contributed by atoms with E-state index in [9.17, 15) is 9.90 Å². The number of nitrogens with one attached hydrogen (secondary N) is 1. The van der Waals surface area contributed by atoms with Gasteiger partial charge in [-0.15, -0.1) is 0 Å². The van der Waals surface area contributed by atoms with Crippen molar-refractivity contribution in [1.82, 2.24) is 20.1 Å².